The summed E-state index contributed by atoms with van der Waals surface area (Å²) in [6, 6.07) is 14.1. The van der Waals surface area contributed by atoms with E-state index in [9.17, 15) is 19.5 Å². The number of phenols is 1. The lowest BCUT2D eigenvalue weighted by Gasteiger charge is -2.32. The minimum atomic E-state index is -1.12. The van der Waals surface area contributed by atoms with Gasteiger partial charge in [0.15, 0.2) is 0 Å². The fraction of sp³-hybridized carbons (Fsp3) is 0.333. The predicted octanol–water partition coefficient (Wildman–Crippen LogP) is 5.01. The molecule has 3 aromatic rings. The van der Waals surface area contributed by atoms with Crippen molar-refractivity contribution in [3.63, 3.8) is 0 Å². The van der Waals surface area contributed by atoms with E-state index in [1.54, 1.807) is 48.8 Å². The molecule has 0 saturated carbocycles. The summed E-state index contributed by atoms with van der Waals surface area (Å²) >= 11 is 0. The van der Waals surface area contributed by atoms with Gasteiger partial charge in [0.1, 0.15) is 17.5 Å². The Morgan fingerprint density at radius 1 is 1.05 bits per heavy atom. The van der Waals surface area contributed by atoms with Crippen LogP contribution in [0.1, 0.15) is 53.6 Å². The lowest BCUT2D eigenvalue weighted by molar-refractivity contribution is -0.138. The van der Waals surface area contributed by atoms with Crippen LogP contribution in [0.3, 0.4) is 0 Å². The normalized spacial score (nSPS) is 14.6. The van der Waals surface area contributed by atoms with Crippen molar-refractivity contribution in [1.82, 2.24) is 15.2 Å². The maximum atomic E-state index is 13.4. The maximum Gasteiger partial charge on any atom is 0.320 e. The predicted molar refractivity (Wildman–Crippen MR) is 167 cm³/mol. The largest absolute Gasteiger partial charge is 0.506 e. The van der Waals surface area contributed by atoms with Gasteiger partial charge in [0.2, 0.25) is 5.91 Å². The average Bonchev–Trinajstić information content (AvgIpc) is 3.04. The second-order valence-corrected chi connectivity index (χ2v) is 10.8. The first-order valence-corrected chi connectivity index (χ1v) is 14.8. The molecule has 11 heteroatoms. The molecule has 0 spiro atoms. The number of carboxylic acid groups (broad SMARTS) is 1. The summed E-state index contributed by atoms with van der Waals surface area (Å²) in [7, 11) is 0. The molecule has 4 rings (SSSR count). The molecule has 1 aromatic heterocycles. The number of benzene rings is 2. The molecular weight excluding hydrogens is 560 g/mol. The van der Waals surface area contributed by atoms with E-state index in [0.717, 1.165) is 37.7 Å². The molecule has 2 aromatic carbocycles. The molecule has 0 bridgehead atoms. The number of hydrogen-bond acceptors (Lipinski definition) is 8. The molecule has 0 aliphatic carbocycles. The summed E-state index contributed by atoms with van der Waals surface area (Å²) in [5, 5.41) is 30.6. The number of amides is 2. The monoisotopic (exact) mass is 598 g/mol. The number of phenolic OH excluding ortho intramolecular Hbond substituents is 1. The standard InChI is InChI=1S/C33H38N6O5/c34-27(33(43)44)20-25-10-12-30(40)29(21-25)38-37-28-9-2-1-8-26(28)32(42)39-18-14-23(15-19-39)6-3-4-17-36-31(41)13-11-24-7-5-16-35-22-24/h1-2,5,7-13,16,21-23,27,40H,3-4,6,14-15,17-20,34H2,(H,36,41)(H,43,44). The number of carbonyl (C=O) groups excluding carboxylic acids is 2. The van der Waals surface area contributed by atoms with Gasteiger partial charge >= 0.3 is 5.97 Å². The summed E-state index contributed by atoms with van der Waals surface area (Å²) in [6.07, 6.45) is 11.5. The number of aliphatic carboxylic acids is 1. The molecular formula is C33H38N6O5. The highest BCUT2D eigenvalue weighted by Crippen LogP contribution is 2.31. The second kappa shape index (κ2) is 16.1. The zero-order valence-electron chi connectivity index (χ0n) is 24.5. The van der Waals surface area contributed by atoms with E-state index in [1.807, 2.05) is 17.0 Å². The number of carbonyl (C=O) groups is 3. The molecule has 44 heavy (non-hydrogen) atoms. The van der Waals surface area contributed by atoms with Crippen molar-refractivity contribution in [3.8, 4) is 5.75 Å². The van der Waals surface area contributed by atoms with Crippen LogP contribution in [0.25, 0.3) is 6.08 Å². The first-order chi connectivity index (χ1) is 21.3. The molecule has 1 atom stereocenters. The molecule has 1 fully saturated rings. The van der Waals surface area contributed by atoms with Crippen molar-refractivity contribution >= 4 is 35.2 Å². The second-order valence-electron chi connectivity index (χ2n) is 10.8. The number of unbranched alkanes of at least 4 members (excludes halogenated alkanes) is 1. The summed E-state index contributed by atoms with van der Waals surface area (Å²) in [5.74, 6) is -0.951. The first kappa shape index (κ1) is 32.0. The van der Waals surface area contributed by atoms with Gasteiger partial charge in [-0.05, 0) is 79.1 Å². The van der Waals surface area contributed by atoms with Crippen LogP contribution in [0.2, 0.25) is 0 Å². The zero-order chi connectivity index (χ0) is 31.3. The fourth-order valence-electron chi connectivity index (χ4n) is 5.04. The minimum Gasteiger partial charge on any atom is -0.506 e. The SMILES string of the molecule is NC(Cc1ccc(O)c(N=Nc2ccccc2C(=O)N2CCC(CCCCNC(=O)C=Cc3cccnc3)CC2)c1)C(=O)O. The van der Waals surface area contributed by atoms with Gasteiger partial charge in [-0.2, -0.15) is 0 Å². The van der Waals surface area contributed by atoms with Crippen molar-refractivity contribution in [3.05, 3.63) is 89.8 Å². The van der Waals surface area contributed by atoms with Gasteiger partial charge in [-0.1, -0.05) is 37.1 Å². The van der Waals surface area contributed by atoms with E-state index >= 15 is 0 Å². The number of nitrogens with one attached hydrogen (secondary N) is 1. The van der Waals surface area contributed by atoms with E-state index in [1.165, 1.54) is 18.2 Å². The van der Waals surface area contributed by atoms with Gasteiger partial charge in [0.25, 0.3) is 5.91 Å². The Bertz CT molecular complexity index is 1480. The highest BCUT2D eigenvalue weighted by atomic mass is 16.4. The van der Waals surface area contributed by atoms with Crippen LogP contribution in [-0.2, 0) is 16.0 Å². The van der Waals surface area contributed by atoms with Crippen LogP contribution in [0, 0.1) is 5.92 Å². The third-order valence-corrected chi connectivity index (χ3v) is 7.56. The van der Waals surface area contributed by atoms with E-state index in [-0.39, 0.29) is 29.7 Å². The van der Waals surface area contributed by atoms with Crippen LogP contribution in [0.15, 0.2) is 83.3 Å². The summed E-state index contributed by atoms with van der Waals surface area (Å²) in [6.45, 7) is 1.92. The highest BCUT2D eigenvalue weighted by Gasteiger charge is 2.25. The van der Waals surface area contributed by atoms with Crippen molar-refractivity contribution in [2.24, 2.45) is 21.9 Å². The van der Waals surface area contributed by atoms with Crippen LogP contribution in [-0.4, -0.2) is 63.6 Å². The third kappa shape index (κ3) is 9.56. The molecule has 11 nitrogen and oxygen atoms in total. The van der Waals surface area contributed by atoms with Crippen molar-refractivity contribution in [2.75, 3.05) is 19.6 Å². The zero-order valence-corrected chi connectivity index (χ0v) is 24.5. The maximum absolute atomic E-state index is 13.4. The van der Waals surface area contributed by atoms with Crippen LogP contribution in [0.4, 0.5) is 11.4 Å². The number of likely N-dealkylation sites (tertiary alicyclic amines) is 1. The molecule has 2 heterocycles. The Morgan fingerprint density at radius 3 is 2.57 bits per heavy atom. The molecule has 2 amide bonds. The van der Waals surface area contributed by atoms with Crippen molar-refractivity contribution in [2.45, 2.75) is 44.6 Å². The fourth-order valence-corrected chi connectivity index (χ4v) is 5.04. The van der Waals surface area contributed by atoms with E-state index < -0.39 is 12.0 Å². The molecule has 230 valence electrons. The average molecular weight is 599 g/mol. The van der Waals surface area contributed by atoms with Gasteiger partial charge in [0.05, 0.1) is 11.3 Å². The number of azo groups is 1. The molecule has 1 unspecified atom stereocenters. The van der Waals surface area contributed by atoms with Crippen molar-refractivity contribution < 1.29 is 24.6 Å². The highest BCUT2D eigenvalue weighted by molar-refractivity contribution is 5.99. The van der Waals surface area contributed by atoms with E-state index in [0.29, 0.717) is 42.4 Å². The molecule has 5 N–H and O–H groups in total. The van der Waals surface area contributed by atoms with Crippen LogP contribution in [0.5, 0.6) is 5.75 Å². The van der Waals surface area contributed by atoms with Gasteiger partial charge < -0.3 is 26.2 Å². The van der Waals surface area contributed by atoms with E-state index in [2.05, 4.69) is 20.5 Å². The summed E-state index contributed by atoms with van der Waals surface area (Å²) in [5.41, 5.74) is 8.06. The molecule has 1 aliphatic rings. The Hall–Kier alpha value is -4.90. The molecule has 1 aliphatic heterocycles. The summed E-state index contributed by atoms with van der Waals surface area (Å²) in [4.78, 5) is 42.4. The lowest BCUT2D eigenvalue weighted by Crippen LogP contribution is -2.38. The minimum absolute atomic E-state index is 0.0742. The quantitative estimate of drug-likeness (QED) is 0.122. The van der Waals surface area contributed by atoms with Crippen LogP contribution >= 0.6 is 0 Å². The number of piperidine rings is 1. The molecule has 0 radical (unpaired) electrons. The van der Waals surface area contributed by atoms with Gasteiger partial charge in [-0.3, -0.25) is 19.4 Å². The number of aromatic nitrogens is 1. The van der Waals surface area contributed by atoms with Gasteiger partial charge in [0, 0.05) is 38.1 Å². The number of nitrogens with zero attached hydrogens (tertiary/aromatic N) is 4. The first-order valence-electron chi connectivity index (χ1n) is 14.8. The number of pyridine rings is 1. The topological polar surface area (TPSA) is 171 Å². The smallest absolute Gasteiger partial charge is 0.320 e. The van der Waals surface area contributed by atoms with Gasteiger partial charge in [-0.25, -0.2) is 0 Å². The molecule has 1 saturated heterocycles. The van der Waals surface area contributed by atoms with Gasteiger partial charge in [-0.15, -0.1) is 10.2 Å². The Morgan fingerprint density at radius 2 is 1.82 bits per heavy atom. The number of nitrogens with two attached hydrogens (primary N) is 1. The Labute approximate surface area is 256 Å². The van der Waals surface area contributed by atoms with E-state index in [4.69, 9.17) is 10.8 Å². The van der Waals surface area contributed by atoms with Crippen LogP contribution < -0.4 is 11.1 Å². The Kier molecular flexibility index (Phi) is 11.7. The number of carboxylic acids is 1. The van der Waals surface area contributed by atoms with Crippen molar-refractivity contribution in [1.29, 1.82) is 0 Å². The number of aromatic hydroxyl groups is 1. The number of rotatable bonds is 13. The number of hydrogen-bond donors (Lipinski definition) is 4. The Balaban J connectivity index is 1.23. The lowest BCUT2D eigenvalue weighted by atomic mass is 9.91. The summed E-state index contributed by atoms with van der Waals surface area (Å²) < 4.78 is 0. The third-order valence-electron chi connectivity index (χ3n) is 7.56.